The van der Waals surface area contributed by atoms with Crippen molar-refractivity contribution in [3.63, 3.8) is 0 Å². The van der Waals surface area contributed by atoms with Crippen LogP contribution >= 0.6 is 0 Å². The summed E-state index contributed by atoms with van der Waals surface area (Å²) in [4.78, 5) is 2.07. The first-order valence-corrected chi connectivity index (χ1v) is 3.29. The van der Waals surface area contributed by atoms with E-state index in [4.69, 9.17) is 0 Å². The summed E-state index contributed by atoms with van der Waals surface area (Å²) < 4.78 is 0. The van der Waals surface area contributed by atoms with Gasteiger partial charge < -0.3 is 10.0 Å². The number of hydrogen-bond acceptors (Lipinski definition) is 2. The lowest BCUT2D eigenvalue weighted by molar-refractivity contribution is 0.0631. The van der Waals surface area contributed by atoms with E-state index in [1.165, 1.54) is 0 Å². The van der Waals surface area contributed by atoms with Crippen LogP contribution in [0.25, 0.3) is 0 Å². The van der Waals surface area contributed by atoms with Crippen LogP contribution in [0.5, 0.6) is 0 Å². The number of aliphatic hydroxyl groups is 1. The Hall–Kier alpha value is -0.0800. The van der Waals surface area contributed by atoms with E-state index < -0.39 is 5.60 Å². The smallest absolute Gasteiger partial charge is 0.0603 e. The van der Waals surface area contributed by atoms with Gasteiger partial charge in [0.2, 0.25) is 0 Å². The molecule has 0 rings (SSSR count). The van der Waals surface area contributed by atoms with Gasteiger partial charge in [-0.2, -0.15) is 0 Å². The number of rotatable bonds is 3. The van der Waals surface area contributed by atoms with Crippen LogP contribution in [-0.4, -0.2) is 36.2 Å². The quantitative estimate of drug-likeness (QED) is 0.609. The van der Waals surface area contributed by atoms with Gasteiger partial charge in [-0.3, -0.25) is 0 Å². The standard InChI is InChI=1S/C7H17NO/c1-7(2,9)5-6-8(3)4/h9H,5-6H2,1-4H3. The first kappa shape index (κ1) is 8.92. The van der Waals surface area contributed by atoms with Gasteiger partial charge in [0.15, 0.2) is 0 Å². The predicted octanol–water partition coefficient (Wildman–Crippen LogP) is 0.709. The fourth-order valence-electron chi connectivity index (χ4n) is 0.497. The highest BCUT2D eigenvalue weighted by atomic mass is 16.3. The Balaban J connectivity index is 3.28. The predicted molar refractivity (Wildman–Crippen MR) is 39.5 cm³/mol. The minimum absolute atomic E-state index is 0.510. The summed E-state index contributed by atoms with van der Waals surface area (Å²) in [5.41, 5.74) is -0.510. The van der Waals surface area contributed by atoms with Crippen LogP contribution in [0.4, 0.5) is 0 Å². The molecule has 2 nitrogen and oxygen atoms in total. The molecule has 2 heteroatoms. The molecule has 0 aromatic heterocycles. The van der Waals surface area contributed by atoms with Crippen molar-refractivity contribution in [3.05, 3.63) is 0 Å². The minimum atomic E-state index is -0.510. The van der Waals surface area contributed by atoms with E-state index >= 15 is 0 Å². The second-order valence-electron chi connectivity index (χ2n) is 3.37. The summed E-state index contributed by atoms with van der Waals surface area (Å²) >= 11 is 0. The summed E-state index contributed by atoms with van der Waals surface area (Å²) in [6.45, 7) is 4.61. The largest absolute Gasteiger partial charge is 0.390 e. The van der Waals surface area contributed by atoms with Gasteiger partial charge in [0.1, 0.15) is 0 Å². The molecular weight excluding hydrogens is 114 g/mol. The van der Waals surface area contributed by atoms with E-state index in [0.717, 1.165) is 13.0 Å². The maximum Gasteiger partial charge on any atom is 0.0603 e. The second-order valence-corrected chi connectivity index (χ2v) is 3.37. The van der Waals surface area contributed by atoms with Crippen LogP contribution in [0.3, 0.4) is 0 Å². The SMILES string of the molecule is CN(C)CCC(C)(C)O. The van der Waals surface area contributed by atoms with Crippen molar-refractivity contribution in [2.75, 3.05) is 20.6 Å². The average molecular weight is 131 g/mol. The highest BCUT2D eigenvalue weighted by molar-refractivity contribution is 4.65. The van der Waals surface area contributed by atoms with Gasteiger partial charge in [0.25, 0.3) is 0 Å². The minimum Gasteiger partial charge on any atom is -0.390 e. The molecule has 0 bridgehead atoms. The summed E-state index contributed by atoms with van der Waals surface area (Å²) in [5, 5.41) is 9.24. The van der Waals surface area contributed by atoms with Gasteiger partial charge >= 0.3 is 0 Å². The first-order valence-electron chi connectivity index (χ1n) is 3.29. The van der Waals surface area contributed by atoms with Gasteiger partial charge in [-0.05, 0) is 34.4 Å². The molecule has 0 fully saturated rings. The van der Waals surface area contributed by atoms with Crippen LogP contribution in [0, 0.1) is 0 Å². The fourth-order valence-corrected chi connectivity index (χ4v) is 0.497. The zero-order valence-electron chi connectivity index (χ0n) is 6.81. The Labute approximate surface area is 57.5 Å². The lowest BCUT2D eigenvalue weighted by atomic mass is 10.1. The molecule has 0 radical (unpaired) electrons. The fraction of sp³-hybridized carbons (Fsp3) is 1.00. The van der Waals surface area contributed by atoms with E-state index in [2.05, 4.69) is 4.90 Å². The van der Waals surface area contributed by atoms with Crippen molar-refractivity contribution in [1.82, 2.24) is 4.90 Å². The zero-order valence-corrected chi connectivity index (χ0v) is 6.81. The normalized spacial score (nSPS) is 12.7. The third-order valence-corrected chi connectivity index (χ3v) is 1.17. The molecule has 1 N–H and O–H groups in total. The highest BCUT2D eigenvalue weighted by Crippen LogP contribution is 2.06. The summed E-state index contributed by atoms with van der Waals surface area (Å²) in [6.07, 6.45) is 0.833. The van der Waals surface area contributed by atoms with E-state index in [9.17, 15) is 5.11 Å². The van der Waals surface area contributed by atoms with Gasteiger partial charge in [0.05, 0.1) is 5.60 Å². The molecule has 0 saturated heterocycles. The maximum absolute atomic E-state index is 9.24. The zero-order chi connectivity index (χ0) is 7.49. The van der Waals surface area contributed by atoms with E-state index in [1.807, 2.05) is 27.9 Å². The van der Waals surface area contributed by atoms with Crippen molar-refractivity contribution in [2.24, 2.45) is 0 Å². The molecular formula is C7H17NO. The molecule has 0 amide bonds. The van der Waals surface area contributed by atoms with Gasteiger partial charge in [-0.1, -0.05) is 0 Å². The number of hydrogen-bond donors (Lipinski definition) is 1. The summed E-state index contributed by atoms with van der Waals surface area (Å²) in [6, 6.07) is 0. The molecule has 0 saturated carbocycles. The Morgan fingerprint density at radius 2 is 1.78 bits per heavy atom. The molecule has 0 aliphatic carbocycles. The number of nitrogens with zero attached hydrogens (tertiary/aromatic N) is 1. The van der Waals surface area contributed by atoms with Crippen LogP contribution < -0.4 is 0 Å². The summed E-state index contributed by atoms with van der Waals surface area (Å²) in [5.74, 6) is 0. The van der Waals surface area contributed by atoms with E-state index in [-0.39, 0.29) is 0 Å². The molecule has 0 unspecified atom stereocenters. The van der Waals surface area contributed by atoms with Crippen molar-refractivity contribution in [3.8, 4) is 0 Å². The third-order valence-electron chi connectivity index (χ3n) is 1.17. The average Bonchev–Trinajstić information content (AvgIpc) is 1.59. The van der Waals surface area contributed by atoms with Crippen molar-refractivity contribution >= 4 is 0 Å². The van der Waals surface area contributed by atoms with E-state index in [1.54, 1.807) is 0 Å². The lowest BCUT2D eigenvalue weighted by Crippen LogP contribution is -2.25. The van der Waals surface area contributed by atoms with Crippen molar-refractivity contribution in [1.29, 1.82) is 0 Å². The molecule has 0 aliphatic rings. The highest BCUT2D eigenvalue weighted by Gasteiger charge is 2.11. The van der Waals surface area contributed by atoms with Crippen LogP contribution in [0.2, 0.25) is 0 Å². The second kappa shape index (κ2) is 3.18. The van der Waals surface area contributed by atoms with Gasteiger partial charge in [0, 0.05) is 6.54 Å². The van der Waals surface area contributed by atoms with Crippen molar-refractivity contribution < 1.29 is 5.11 Å². The lowest BCUT2D eigenvalue weighted by Gasteiger charge is -2.19. The monoisotopic (exact) mass is 131 g/mol. The van der Waals surface area contributed by atoms with Gasteiger partial charge in [-0.25, -0.2) is 0 Å². The summed E-state index contributed by atoms with van der Waals surface area (Å²) in [7, 11) is 4.01. The maximum atomic E-state index is 9.24. The van der Waals surface area contributed by atoms with Gasteiger partial charge in [-0.15, -0.1) is 0 Å². The Morgan fingerprint density at radius 3 is 1.89 bits per heavy atom. The van der Waals surface area contributed by atoms with Crippen LogP contribution in [0.15, 0.2) is 0 Å². The van der Waals surface area contributed by atoms with Crippen LogP contribution in [0.1, 0.15) is 20.3 Å². The third kappa shape index (κ3) is 7.92. The molecule has 56 valence electrons. The molecule has 0 aromatic rings. The first-order chi connectivity index (χ1) is 3.92. The Bertz CT molecular complexity index is 73.5. The molecule has 0 spiro atoms. The molecule has 9 heavy (non-hydrogen) atoms. The molecule has 0 heterocycles. The Morgan fingerprint density at radius 1 is 1.33 bits per heavy atom. The van der Waals surface area contributed by atoms with E-state index in [0.29, 0.717) is 0 Å². The van der Waals surface area contributed by atoms with Crippen molar-refractivity contribution in [2.45, 2.75) is 25.9 Å². The van der Waals surface area contributed by atoms with Crippen LogP contribution in [-0.2, 0) is 0 Å². The Kier molecular flexibility index (Phi) is 3.15. The molecule has 0 atom stereocenters. The topological polar surface area (TPSA) is 23.5 Å². The molecule has 0 aliphatic heterocycles. The molecule has 0 aromatic carbocycles.